The lowest BCUT2D eigenvalue weighted by Gasteiger charge is -2.16. The van der Waals surface area contributed by atoms with Crippen LogP contribution in [-0.2, 0) is 0 Å². The van der Waals surface area contributed by atoms with E-state index in [9.17, 15) is 0 Å². The lowest BCUT2D eigenvalue weighted by Crippen LogP contribution is -2.39. The van der Waals surface area contributed by atoms with Gasteiger partial charge in [0.05, 0.1) is 0 Å². The Morgan fingerprint density at radius 2 is 1.76 bits per heavy atom. The average Bonchev–Trinajstić information content (AvgIpc) is 2.68. The first-order chi connectivity index (χ1) is 12.3. The number of hydrogen-bond acceptors (Lipinski definition) is 3. The summed E-state index contributed by atoms with van der Waals surface area (Å²) in [5.41, 5.74) is 1.34. The molecule has 5 nitrogen and oxygen atoms in total. The molecule has 0 spiro atoms. The van der Waals surface area contributed by atoms with Gasteiger partial charge in [-0.2, -0.15) is 0 Å². The smallest absolute Gasteiger partial charge is 0.190 e. The van der Waals surface area contributed by atoms with E-state index < -0.39 is 0 Å². The van der Waals surface area contributed by atoms with Gasteiger partial charge >= 0.3 is 0 Å². The molecule has 3 N–H and O–H groups in total. The second kappa shape index (κ2) is 11.1. The Morgan fingerprint density at radius 3 is 2.48 bits per heavy atom. The Hall–Kier alpha value is -2.56. The maximum absolute atomic E-state index is 4.29. The number of aromatic nitrogens is 1. The van der Waals surface area contributed by atoms with Gasteiger partial charge in [0.25, 0.3) is 0 Å². The van der Waals surface area contributed by atoms with Crippen molar-refractivity contribution in [3.05, 3.63) is 60.3 Å². The van der Waals surface area contributed by atoms with Crippen LogP contribution >= 0.6 is 0 Å². The summed E-state index contributed by atoms with van der Waals surface area (Å²) in [7, 11) is 1.81. The van der Waals surface area contributed by atoms with E-state index in [1.54, 1.807) is 6.20 Å². The minimum Gasteiger partial charge on any atom is -0.370 e. The maximum atomic E-state index is 4.29. The minimum absolute atomic E-state index is 0.447. The van der Waals surface area contributed by atoms with Gasteiger partial charge in [0.15, 0.2) is 5.96 Å². The van der Waals surface area contributed by atoms with E-state index in [2.05, 4.69) is 57.1 Å². The first-order valence-electron chi connectivity index (χ1n) is 8.94. The third kappa shape index (κ3) is 7.25. The first-order valence-corrected chi connectivity index (χ1v) is 8.94. The normalized spacial score (nSPS) is 12.5. The fraction of sp³-hybridized carbons (Fsp3) is 0.400. The summed E-state index contributed by atoms with van der Waals surface area (Å²) in [5, 5.41) is 10.1. The van der Waals surface area contributed by atoms with Gasteiger partial charge in [0.1, 0.15) is 5.82 Å². The van der Waals surface area contributed by atoms with Crippen molar-refractivity contribution in [2.24, 2.45) is 4.99 Å². The fourth-order valence-corrected chi connectivity index (χ4v) is 2.51. The summed E-state index contributed by atoms with van der Waals surface area (Å²) in [6, 6.07) is 16.4. The quantitative estimate of drug-likeness (QED) is 0.373. The molecule has 5 heteroatoms. The zero-order valence-electron chi connectivity index (χ0n) is 15.2. The topological polar surface area (TPSA) is 61.3 Å². The second-order valence-corrected chi connectivity index (χ2v) is 6.04. The van der Waals surface area contributed by atoms with E-state index in [1.165, 1.54) is 5.56 Å². The zero-order valence-corrected chi connectivity index (χ0v) is 15.2. The van der Waals surface area contributed by atoms with Crippen LogP contribution in [0.4, 0.5) is 5.82 Å². The number of benzene rings is 1. The number of rotatable bonds is 9. The number of anilines is 1. The third-order valence-corrected chi connectivity index (χ3v) is 4.03. The Labute approximate surface area is 151 Å². The molecule has 1 heterocycles. The highest BCUT2D eigenvalue weighted by atomic mass is 15.2. The Kier molecular flexibility index (Phi) is 8.32. The monoisotopic (exact) mass is 339 g/mol. The molecule has 0 saturated heterocycles. The van der Waals surface area contributed by atoms with Gasteiger partial charge in [-0.3, -0.25) is 4.99 Å². The SMILES string of the molecule is CN=C(NCCCCNc1ccccn1)NCC(C)c1ccccc1. The van der Waals surface area contributed by atoms with Crippen LogP contribution in [0.1, 0.15) is 31.2 Å². The van der Waals surface area contributed by atoms with Gasteiger partial charge < -0.3 is 16.0 Å². The molecule has 0 amide bonds. The van der Waals surface area contributed by atoms with Crippen molar-refractivity contribution in [1.29, 1.82) is 0 Å². The first kappa shape index (κ1) is 18.8. The number of nitrogens with zero attached hydrogens (tertiary/aromatic N) is 2. The van der Waals surface area contributed by atoms with Crippen LogP contribution < -0.4 is 16.0 Å². The highest BCUT2D eigenvalue weighted by Crippen LogP contribution is 2.12. The van der Waals surface area contributed by atoms with Gasteiger partial charge in [-0.25, -0.2) is 4.98 Å². The molecule has 0 aliphatic heterocycles. The summed E-state index contributed by atoms with van der Waals surface area (Å²) in [6.07, 6.45) is 3.96. The van der Waals surface area contributed by atoms with E-state index in [0.717, 1.165) is 44.3 Å². The molecule has 2 rings (SSSR count). The van der Waals surface area contributed by atoms with E-state index in [0.29, 0.717) is 5.92 Å². The van der Waals surface area contributed by atoms with E-state index in [4.69, 9.17) is 0 Å². The predicted octanol–water partition coefficient (Wildman–Crippen LogP) is 3.24. The van der Waals surface area contributed by atoms with E-state index in [-0.39, 0.29) is 0 Å². The van der Waals surface area contributed by atoms with Crippen molar-refractivity contribution in [2.75, 3.05) is 32.0 Å². The zero-order chi connectivity index (χ0) is 17.7. The number of unbranched alkanes of at least 4 members (excludes halogenated alkanes) is 1. The summed E-state index contributed by atoms with van der Waals surface area (Å²) in [4.78, 5) is 8.54. The van der Waals surface area contributed by atoms with Crippen LogP contribution in [0, 0.1) is 0 Å². The van der Waals surface area contributed by atoms with Crippen LogP contribution in [0.2, 0.25) is 0 Å². The van der Waals surface area contributed by atoms with Gasteiger partial charge in [-0.15, -0.1) is 0 Å². The maximum Gasteiger partial charge on any atom is 0.190 e. The molecule has 25 heavy (non-hydrogen) atoms. The summed E-state index contributed by atoms with van der Waals surface area (Å²) >= 11 is 0. The van der Waals surface area contributed by atoms with Gasteiger partial charge in [-0.1, -0.05) is 43.3 Å². The van der Waals surface area contributed by atoms with Crippen LogP contribution in [0.25, 0.3) is 0 Å². The van der Waals surface area contributed by atoms with Crippen LogP contribution in [0.3, 0.4) is 0 Å². The highest BCUT2D eigenvalue weighted by molar-refractivity contribution is 5.79. The molecule has 134 valence electrons. The largest absolute Gasteiger partial charge is 0.370 e. The molecule has 1 atom stereocenters. The Bertz CT molecular complexity index is 612. The Morgan fingerprint density at radius 1 is 1.00 bits per heavy atom. The molecule has 1 aromatic heterocycles. The molecule has 0 radical (unpaired) electrons. The van der Waals surface area contributed by atoms with Crippen molar-refractivity contribution in [1.82, 2.24) is 15.6 Å². The van der Waals surface area contributed by atoms with Crippen LogP contribution in [0.15, 0.2) is 59.7 Å². The van der Waals surface area contributed by atoms with Crippen LogP contribution in [0.5, 0.6) is 0 Å². The lowest BCUT2D eigenvalue weighted by molar-refractivity contribution is 0.679. The summed E-state index contributed by atoms with van der Waals surface area (Å²) < 4.78 is 0. The predicted molar refractivity (Wildman–Crippen MR) is 106 cm³/mol. The number of nitrogens with one attached hydrogen (secondary N) is 3. The van der Waals surface area contributed by atoms with Gasteiger partial charge in [-0.05, 0) is 36.5 Å². The number of pyridine rings is 1. The van der Waals surface area contributed by atoms with Gasteiger partial charge in [0.2, 0.25) is 0 Å². The molecule has 1 aromatic carbocycles. The molecule has 0 fully saturated rings. The van der Waals surface area contributed by atoms with E-state index in [1.807, 2.05) is 31.3 Å². The third-order valence-electron chi connectivity index (χ3n) is 4.03. The van der Waals surface area contributed by atoms with Gasteiger partial charge in [0, 0.05) is 32.9 Å². The number of hydrogen-bond donors (Lipinski definition) is 3. The summed E-state index contributed by atoms with van der Waals surface area (Å²) in [6.45, 7) is 4.92. The standard InChI is InChI=1S/C20H29N5/c1-17(18-10-4-3-5-11-18)16-25-20(21-2)24-15-9-8-14-23-19-12-6-7-13-22-19/h3-7,10-13,17H,8-9,14-16H2,1-2H3,(H,22,23)(H2,21,24,25). The summed E-state index contributed by atoms with van der Waals surface area (Å²) in [5.74, 6) is 2.24. The van der Waals surface area contributed by atoms with Crippen molar-refractivity contribution in [3.8, 4) is 0 Å². The highest BCUT2D eigenvalue weighted by Gasteiger charge is 2.05. The average molecular weight is 339 g/mol. The van der Waals surface area contributed by atoms with Crippen molar-refractivity contribution < 1.29 is 0 Å². The van der Waals surface area contributed by atoms with Crippen molar-refractivity contribution >= 4 is 11.8 Å². The fourth-order valence-electron chi connectivity index (χ4n) is 2.51. The van der Waals surface area contributed by atoms with Crippen molar-refractivity contribution in [2.45, 2.75) is 25.7 Å². The lowest BCUT2D eigenvalue weighted by atomic mass is 10.0. The van der Waals surface area contributed by atoms with Crippen molar-refractivity contribution in [3.63, 3.8) is 0 Å². The minimum atomic E-state index is 0.447. The molecular formula is C20H29N5. The molecule has 0 saturated carbocycles. The van der Waals surface area contributed by atoms with Crippen LogP contribution in [-0.4, -0.2) is 37.6 Å². The molecule has 2 aromatic rings. The molecule has 1 unspecified atom stereocenters. The second-order valence-electron chi connectivity index (χ2n) is 6.04. The molecule has 0 aliphatic carbocycles. The van der Waals surface area contributed by atoms with E-state index >= 15 is 0 Å². The number of guanidine groups is 1. The molecule has 0 aliphatic rings. The molecule has 0 bridgehead atoms. The number of aliphatic imine (C=N–C) groups is 1. The Balaban J connectivity index is 1.57. The molecular weight excluding hydrogens is 310 g/mol.